The summed E-state index contributed by atoms with van der Waals surface area (Å²) >= 11 is 0. The third-order valence-electron chi connectivity index (χ3n) is 3.85. The zero-order valence-electron chi connectivity index (χ0n) is 14.8. The van der Waals surface area contributed by atoms with E-state index < -0.39 is 12.6 Å². The SMILES string of the molecule is CCCc1ccccc1NC(=O)c1cc(C)c(OCC(=O)O)c(C)c1. The Balaban J connectivity index is 2.21. The Labute approximate surface area is 147 Å². The van der Waals surface area contributed by atoms with Crippen molar-refractivity contribution in [2.24, 2.45) is 0 Å². The van der Waals surface area contributed by atoms with Crippen molar-refractivity contribution in [3.8, 4) is 5.75 Å². The molecular weight excluding hydrogens is 318 g/mol. The van der Waals surface area contributed by atoms with Gasteiger partial charge in [0.25, 0.3) is 5.91 Å². The summed E-state index contributed by atoms with van der Waals surface area (Å²) in [6.07, 6.45) is 1.90. The lowest BCUT2D eigenvalue weighted by Crippen LogP contribution is -2.15. The Bertz CT molecular complexity index is 760. The second-order valence-electron chi connectivity index (χ2n) is 5.98. The van der Waals surface area contributed by atoms with Crippen LogP contribution in [0.3, 0.4) is 0 Å². The first-order chi connectivity index (χ1) is 11.9. The molecule has 2 rings (SSSR count). The summed E-state index contributed by atoms with van der Waals surface area (Å²) in [6.45, 7) is 5.29. The molecule has 0 aliphatic heterocycles. The fourth-order valence-corrected chi connectivity index (χ4v) is 2.77. The molecular formula is C20H23NO4. The van der Waals surface area contributed by atoms with Gasteiger partial charge in [-0.15, -0.1) is 0 Å². The monoisotopic (exact) mass is 341 g/mol. The Hall–Kier alpha value is -2.82. The van der Waals surface area contributed by atoms with Gasteiger partial charge in [0.1, 0.15) is 5.75 Å². The molecule has 5 heteroatoms. The van der Waals surface area contributed by atoms with Crippen LogP contribution in [0.5, 0.6) is 5.75 Å². The number of anilines is 1. The number of carbonyl (C=O) groups excluding carboxylic acids is 1. The van der Waals surface area contributed by atoms with E-state index in [4.69, 9.17) is 9.84 Å². The number of carboxylic acid groups (broad SMARTS) is 1. The molecule has 0 aromatic heterocycles. The quantitative estimate of drug-likeness (QED) is 0.799. The molecule has 0 fully saturated rings. The van der Waals surface area contributed by atoms with Crippen LogP contribution in [0.2, 0.25) is 0 Å². The fourth-order valence-electron chi connectivity index (χ4n) is 2.77. The standard InChI is InChI=1S/C20H23NO4/c1-4-7-15-8-5-6-9-17(15)21-20(24)16-10-13(2)19(14(3)11-16)25-12-18(22)23/h5-6,8-11H,4,7,12H2,1-3H3,(H,21,24)(H,22,23). The van der Waals surface area contributed by atoms with E-state index in [2.05, 4.69) is 12.2 Å². The molecule has 132 valence electrons. The minimum Gasteiger partial charge on any atom is -0.481 e. The molecule has 0 aliphatic carbocycles. The van der Waals surface area contributed by atoms with E-state index in [0.29, 0.717) is 11.3 Å². The van der Waals surface area contributed by atoms with E-state index in [9.17, 15) is 9.59 Å². The molecule has 1 amide bonds. The van der Waals surface area contributed by atoms with Gasteiger partial charge >= 0.3 is 5.97 Å². The molecule has 0 spiro atoms. The van der Waals surface area contributed by atoms with Crippen LogP contribution in [0.1, 0.15) is 40.4 Å². The number of hydrogen-bond donors (Lipinski definition) is 2. The lowest BCUT2D eigenvalue weighted by Gasteiger charge is -2.14. The lowest BCUT2D eigenvalue weighted by atomic mass is 10.0. The largest absolute Gasteiger partial charge is 0.481 e. The van der Waals surface area contributed by atoms with Crippen molar-refractivity contribution in [2.75, 3.05) is 11.9 Å². The first-order valence-electron chi connectivity index (χ1n) is 8.27. The van der Waals surface area contributed by atoms with Gasteiger partial charge in [-0.05, 0) is 55.2 Å². The summed E-state index contributed by atoms with van der Waals surface area (Å²) in [5.41, 5.74) is 3.90. The molecule has 0 unspecified atom stereocenters. The number of amides is 1. The number of carboxylic acids is 1. The maximum atomic E-state index is 12.6. The molecule has 0 bridgehead atoms. The van der Waals surface area contributed by atoms with Gasteiger partial charge in [-0.3, -0.25) is 4.79 Å². The number of aliphatic carboxylic acids is 1. The van der Waals surface area contributed by atoms with Crippen molar-refractivity contribution < 1.29 is 19.4 Å². The van der Waals surface area contributed by atoms with E-state index in [1.165, 1.54) is 0 Å². The average molecular weight is 341 g/mol. The number of ether oxygens (including phenoxy) is 1. The van der Waals surface area contributed by atoms with Gasteiger partial charge in [-0.2, -0.15) is 0 Å². The third kappa shape index (κ3) is 4.83. The van der Waals surface area contributed by atoms with E-state index in [1.54, 1.807) is 26.0 Å². The summed E-state index contributed by atoms with van der Waals surface area (Å²) in [7, 11) is 0. The Kier molecular flexibility index (Phi) is 6.17. The van der Waals surface area contributed by atoms with Crippen molar-refractivity contribution in [1.82, 2.24) is 0 Å². The van der Waals surface area contributed by atoms with Crippen LogP contribution in [-0.4, -0.2) is 23.6 Å². The highest BCUT2D eigenvalue weighted by Gasteiger charge is 2.14. The number of aryl methyl sites for hydroxylation is 3. The fraction of sp³-hybridized carbons (Fsp3) is 0.300. The lowest BCUT2D eigenvalue weighted by molar-refractivity contribution is -0.139. The van der Waals surface area contributed by atoms with Crippen LogP contribution in [-0.2, 0) is 11.2 Å². The van der Waals surface area contributed by atoms with Crippen molar-refractivity contribution in [1.29, 1.82) is 0 Å². The number of nitrogens with one attached hydrogen (secondary N) is 1. The smallest absolute Gasteiger partial charge is 0.341 e. The van der Waals surface area contributed by atoms with Gasteiger partial charge in [0.2, 0.25) is 0 Å². The maximum Gasteiger partial charge on any atom is 0.341 e. The molecule has 2 N–H and O–H groups in total. The third-order valence-corrected chi connectivity index (χ3v) is 3.85. The topological polar surface area (TPSA) is 75.6 Å². The normalized spacial score (nSPS) is 10.4. The molecule has 2 aromatic rings. The van der Waals surface area contributed by atoms with Crippen molar-refractivity contribution >= 4 is 17.6 Å². The van der Waals surface area contributed by atoms with Gasteiger partial charge in [-0.1, -0.05) is 31.5 Å². The van der Waals surface area contributed by atoms with Crippen LogP contribution in [0, 0.1) is 13.8 Å². The second-order valence-corrected chi connectivity index (χ2v) is 5.98. The van der Waals surface area contributed by atoms with Crippen LogP contribution in [0.25, 0.3) is 0 Å². The molecule has 5 nitrogen and oxygen atoms in total. The van der Waals surface area contributed by atoms with E-state index in [1.807, 2.05) is 24.3 Å². The zero-order chi connectivity index (χ0) is 18.4. The molecule has 0 heterocycles. The van der Waals surface area contributed by atoms with E-state index in [-0.39, 0.29) is 5.91 Å². The van der Waals surface area contributed by atoms with Crippen LogP contribution in [0.4, 0.5) is 5.69 Å². The predicted octanol–water partition coefficient (Wildman–Crippen LogP) is 3.97. The molecule has 2 aromatic carbocycles. The molecule has 0 radical (unpaired) electrons. The summed E-state index contributed by atoms with van der Waals surface area (Å²) in [5, 5.41) is 11.7. The van der Waals surface area contributed by atoms with Crippen LogP contribution >= 0.6 is 0 Å². The van der Waals surface area contributed by atoms with E-state index >= 15 is 0 Å². The number of para-hydroxylation sites is 1. The van der Waals surface area contributed by atoms with Crippen molar-refractivity contribution in [3.05, 3.63) is 58.7 Å². The van der Waals surface area contributed by atoms with Crippen molar-refractivity contribution in [3.63, 3.8) is 0 Å². The Morgan fingerprint density at radius 3 is 2.36 bits per heavy atom. The molecule has 0 atom stereocenters. The molecule has 0 aliphatic rings. The first-order valence-corrected chi connectivity index (χ1v) is 8.27. The van der Waals surface area contributed by atoms with E-state index in [0.717, 1.165) is 35.2 Å². The minimum atomic E-state index is -1.03. The number of benzene rings is 2. The van der Waals surface area contributed by atoms with Gasteiger partial charge < -0.3 is 15.2 Å². The van der Waals surface area contributed by atoms with Crippen LogP contribution in [0.15, 0.2) is 36.4 Å². The average Bonchev–Trinajstić information content (AvgIpc) is 2.55. The number of rotatable bonds is 7. The summed E-state index contributed by atoms with van der Waals surface area (Å²) in [4.78, 5) is 23.3. The second kappa shape index (κ2) is 8.33. The van der Waals surface area contributed by atoms with Crippen molar-refractivity contribution in [2.45, 2.75) is 33.6 Å². The molecule has 0 saturated heterocycles. The summed E-state index contributed by atoms with van der Waals surface area (Å²) in [5.74, 6) is -0.724. The zero-order valence-corrected chi connectivity index (χ0v) is 14.8. The highest BCUT2D eigenvalue weighted by atomic mass is 16.5. The molecule has 25 heavy (non-hydrogen) atoms. The Morgan fingerprint density at radius 1 is 1.12 bits per heavy atom. The first kappa shape index (κ1) is 18.5. The Morgan fingerprint density at radius 2 is 1.76 bits per heavy atom. The molecule has 0 saturated carbocycles. The van der Waals surface area contributed by atoms with Gasteiger partial charge in [0.05, 0.1) is 0 Å². The van der Waals surface area contributed by atoms with Gasteiger partial charge in [0, 0.05) is 11.3 Å². The highest BCUT2D eigenvalue weighted by molar-refractivity contribution is 6.05. The highest BCUT2D eigenvalue weighted by Crippen LogP contribution is 2.26. The number of hydrogen-bond acceptors (Lipinski definition) is 3. The maximum absolute atomic E-state index is 12.6. The van der Waals surface area contributed by atoms with Gasteiger partial charge in [-0.25, -0.2) is 4.79 Å². The minimum absolute atomic E-state index is 0.195. The summed E-state index contributed by atoms with van der Waals surface area (Å²) in [6, 6.07) is 11.2. The van der Waals surface area contributed by atoms with Crippen LogP contribution < -0.4 is 10.1 Å². The van der Waals surface area contributed by atoms with Gasteiger partial charge in [0.15, 0.2) is 6.61 Å². The summed E-state index contributed by atoms with van der Waals surface area (Å²) < 4.78 is 5.30. The number of carbonyl (C=O) groups is 2. The predicted molar refractivity (Wildman–Crippen MR) is 97.4 cm³/mol.